The maximum absolute atomic E-state index is 12.6. The van der Waals surface area contributed by atoms with Crippen LogP contribution in [0.15, 0.2) is 24.3 Å². The fourth-order valence-corrected chi connectivity index (χ4v) is 4.10. The zero-order valence-corrected chi connectivity index (χ0v) is 15.1. The molecule has 1 saturated heterocycles. The van der Waals surface area contributed by atoms with Crippen molar-refractivity contribution in [2.45, 2.75) is 44.6 Å². The van der Waals surface area contributed by atoms with Gasteiger partial charge < -0.3 is 10.2 Å². The number of piperidine rings is 1. The third kappa shape index (κ3) is 4.37. The van der Waals surface area contributed by atoms with Gasteiger partial charge in [0.15, 0.2) is 0 Å². The molecule has 4 nitrogen and oxygen atoms in total. The van der Waals surface area contributed by atoms with Crippen molar-refractivity contribution in [1.82, 2.24) is 9.80 Å². The summed E-state index contributed by atoms with van der Waals surface area (Å²) in [6.45, 7) is 3.33. The van der Waals surface area contributed by atoms with E-state index in [0.717, 1.165) is 37.5 Å². The van der Waals surface area contributed by atoms with E-state index in [1.165, 1.54) is 37.8 Å². The van der Waals surface area contributed by atoms with Gasteiger partial charge in [0.2, 0.25) is 5.91 Å². The number of nitrogens with zero attached hydrogens (tertiary/aromatic N) is 2. The van der Waals surface area contributed by atoms with Gasteiger partial charge in [0.05, 0.1) is 6.04 Å². The van der Waals surface area contributed by atoms with Gasteiger partial charge in [0.1, 0.15) is 0 Å². The average Bonchev–Trinajstić information content (AvgIpc) is 2.73. The van der Waals surface area contributed by atoms with Crippen LogP contribution in [0.4, 0.5) is 5.69 Å². The second-order valence-corrected chi connectivity index (χ2v) is 7.63. The van der Waals surface area contributed by atoms with E-state index in [1.807, 2.05) is 12.1 Å². The first kappa shape index (κ1) is 17.4. The Bertz CT molecular complexity index is 550. The van der Waals surface area contributed by atoms with Crippen molar-refractivity contribution >= 4 is 11.6 Å². The highest BCUT2D eigenvalue weighted by Crippen LogP contribution is 2.28. The molecule has 2 heterocycles. The van der Waals surface area contributed by atoms with Crippen molar-refractivity contribution in [1.29, 1.82) is 0 Å². The largest absolute Gasteiger partial charge is 0.324 e. The minimum Gasteiger partial charge on any atom is -0.324 e. The van der Waals surface area contributed by atoms with E-state index in [2.05, 4.69) is 41.3 Å². The summed E-state index contributed by atoms with van der Waals surface area (Å²) in [5.74, 6) is 1.03. The van der Waals surface area contributed by atoms with Crippen LogP contribution in [0.2, 0.25) is 0 Å². The molecule has 1 aromatic carbocycles. The maximum atomic E-state index is 12.6. The summed E-state index contributed by atoms with van der Waals surface area (Å²) < 4.78 is 0. The predicted octanol–water partition coefficient (Wildman–Crippen LogP) is 2.99. The molecule has 2 aliphatic heterocycles. The molecule has 0 radical (unpaired) electrons. The van der Waals surface area contributed by atoms with Crippen LogP contribution in [-0.2, 0) is 11.2 Å². The van der Waals surface area contributed by atoms with E-state index in [0.29, 0.717) is 0 Å². The molecule has 1 aromatic rings. The topological polar surface area (TPSA) is 35.6 Å². The molecule has 1 amide bonds. The van der Waals surface area contributed by atoms with Crippen LogP contribution in [0.3, 0.4) is 0 Å². The van der Waals surface area contributed by atoms with E-state index < -0.39 is 0 Å². The van der Waals surface area contributed by atoms with E-state index in [1.54, 1.807) is 0 Å². The summed E-state index contributed by atoms with van der Waals surface area (Å²) in [5.41, 5.74) is 2.27. The molecule has 1 unspecified atom stereocenters. The van der Waals surface area contributed by atoms with Gasteiger partial charge in [-0.3, -0.25) is 9.69 Å². The smallest absolute Gasteiger partial charge is 0.241 e. The highest BCUT2D eigenvalue weighted by Gasteiger charge is 2.31. The fourth-order valence-electron chi connectivity index (χ4n) is 4.10. The van der Waals surface area contributed by atoms with Crippen molar-refractivity contribution < 1.29 is 4.79 Å². The number of aryl methyl sites for hydroxylation is 1. The fraction of sp³-hybridized carbons (Fsp3) is 0.650. The molecule has 3 rings (SSSR count). The summed E-state index contributed by atoms with van der Waals surface area (Å²) >= 11 is 0. The number of hydrogen-bond donors (Lipinski definition) is 1. The Hall–Kier alpha value is -1.39. The minimum atomic E-state index is 0.0418. The number of rotatable bonds is 5. The van der Waals surface area contributed by atoms with Gasteiger partial charge in [-0.2, -0.15) is 0 Å². The van der Waals surface area contributed by atoms with Crippen LogP contribution in [-0.4, -0.2) is 55.5 Å². The molecule has 0 aliphatic carbocycles. The molecule has 0 saturated carbocycles. The molecule has 4 heteroatoms. The second kappa shape index (κ2) is 8.13. The molecule has 24 heavy (non-hydrogen) atoms. The van der Waals surface area contributed by atoms with E-state index in [9.17, 15) is 4.79 Å². The SMILES string of the molecule is CN(C)CCCC1CCN(C2CCc3ccccc3NC2=O)CC1. The Morgan fingerprint density at radius 1 is 1.17 bits per heavy atom. The number of amides is 1. The second-order valence-electron chi connectivity index (χ2n) is 7.63. The van der Waals surface area contributed by atoms with Crippen LogP contribution < -0.4 is 5.32 Å². The molecule has 0 spiro atoms. The number of benzene rings is 1. The molecular formula is C20H31N3O. The highest BCUT2D eigenvalue weighted by atomic mass is 16.2. The van der Waals surface area contributed by atoms with Crippen LogP contribution in [0.5, 0.6) is 0 Å². The molecule has 1 atom stereocenters. The summed E-state index contributed by atoms with van der Waals surface area (Å²) in [6.07, 6.45) is 7.02. The predicted molar refractivity (Wildman–Crippen MR) is 99.3 cm³/mol. The van der Waals surface area contributed by atoms with Gasteiger partial charge in [-0.15, -0.1) is 0 Å². The van der Waals surface area contributed by atoms with Crippen molar-refractivity contribution in [3.05, 3.63) is 29.8 Å². The molecule has 132 valence electrons. The first-order valence-electron chi connectivity index (χ1n) is 9.41. The van der Waals surface area contributed by atoms with Gasteiger partial charge in [0.25, 0.3) is 0 Å². The summed E-state index contributed by atoms with van der Waals surface area (Å²) in [4.78, 5) is 17.3. The molecule has 1 fully saturated rings. The number of carbonyl (C=O) groups excluding carboxylic acids is 1. The molecular weight excluding hydrogens is 298 g/mol. The third-order valence-corrected chi connectivity index (χ3v) is 5.57. The number of likely N-dealkylation sites (tertiary alicyclic amines) is 1. The van der Waals surface area contributed by atoms with Crippen LogP contribution in [0.1, 0.15) is 37.7 Å². The third-order valence-electron chi connectivity index (χ3n) is 5.57. The van der Waals surface area contributed by atoms with Crippen molar-refractivity contribution in [3.8, 4) is 0 Å². The van der Waals surface area contributed by atoms with Crippen molar-refractivity contribution in [3.63, 3.8) is 0 Å². The maximum Gasteiger partial charge on any atom is 0.241 e. The van der Waals surface area contributed by atoms with Crippen molar-refractivity contribution in [2.75, 3.05) is 39.0 Å². The lowest BCUT2D eigenvalue weighted by Crippen LogP contribution is -2.47. The number of hydrogen-bond acceptors (Lipinski definition) is 3. The Balaban J connectivity index is 1.51. The quantitative estimate of drug-likeness (QED) is 0.902. The monoisotopic (exact) mass is 329 g/mol. The first-order chi connectivity index (χ1) is 11.6. The van der Waals surface area contributed by atoms with Crippen LogP contribution >= 0.6 is 0 Å². The number of nitrogens with one attached hydrogen (secondary N) is 1. The Labute approximate surface area is 146 Å². The lowest BCUT2D eigenvalue weighted by atomic mass is 9.90. The normalized spacial score (nSPS) is 23.0. The highest BCUT2D eigenvalue weighted by molar-refractivity contribution is 5.96. The molecule has 0 bridgehead atoms. The van der Waals surface area contributed by atoms with Crippen molar-refractivity contribution in [2.24, 2.45) is 5.92 Å². The zero-order chi connectivity index (χ0) is 16.9. The number of anilines is 1. The molecule has 1 N–H and O–H groups in total. The van der Waals surface area contributed by atoms with Gasteiger partial charge in [-0.05, 0) is 89.8 Å². The van der Waals surface area contributed by atoms with Crippen LogP contribution in [0, 0.1) is 5.92 Å². The lowest BCUT2D eigenvalue weighted by molar-refractivity contribution is -0.122. The van der Waals surface area contributed by atoms with E-state index in [-0.39, 0.29) is 11.9 Å². The lowest BCUT2D eigenvalue weighted by Gasteiger charge is -2.36. The minimum absolute atomic E-state index is 0.0418. The number of fused-ring (bicyclic) bond motifs is 1. The summed E-state index contributed by atoms with van der Waals surface area (Å²) in [7, 11) is 4.29. The Morgan fingerprint density at radius 2 is 1.92 bits per heavy atom. The Kier molecular flexibility index (Phi) is 5.90. The standard InChI is InChI=1S/C20H31N3O/c1-22(2)13-5-6-16-11-14-23(15-12-16)19-10-9-17-7-3-4-8-18(17)21-20(19)24/h3-4,7-8,16,19H,5-6,9-15H2,1-2H3,(H,21,24). The van der Waals surface area contributed by atoms with Crippen LogP contribution in [0.25, 0.3) is 0 Å². The molecule has 0 aromatic heterocycles. The van der Waals surface area contributed by atoms with E-state index >= 15 is 0 Å². The zero-order valence-electron chi connectivity index (χ0n) is 15.1. The Morgan fingerprint density at radius 3 is 2.67 bits per heavy atom. The summed E-state index contributed by atoms with van der Waals surface area (Å²) in [5, 5.41) is 3.14. The molecule has 2 aliphatic rings. The van der Waals surface area contributed by atoms with Gasteiger partial charge in [-0.25, -0.2) is 0 Å². The summed E-state index contributed by atoms with van der Waals surface area (Å²) in [6, 6.07) is 8.25. The number of carbonyl (C=O) groups is 1. The van der Waals surface area contributed by atoms with E-state index in [4.69, 9.17) is 0 Å². The van der Waals surface area contributed by atoms with Gasteiger partial charge >= 0.3 is 0 Å². The number of para-hydroxylation sites is 1. The van der Waals surface area contributed by atoms with Gasteiger partial charge in [0, 0.05) is 5.69 Å². The average molecular weight is 329 g/mol. The first-order valence-corrected chi connectivity index (χ1v) is 9.41. The van der Waals surface area contributed by atoms with Gasteiger partial charge in [-0.1, -0.05) is 18.2 Å².